The molecule has 2 aromatic carbocycles. The molecule has 0 radical (unpaired) electrons. The summed E-state index contributed by atoms with van der Waals surface area (Å²) in [6, 6.07) is 13.8. The zero-order valence-electron chi connectivity index (χ0n) is 11.4. The molecule has 0 aliphatic heterocycles. The number of hydrogen-bond acceptors (Lipinski definition) is 3. The molecule has 106 valence electrons. The lowest BCUT2D eigenvalue weighted by Gasteiger charge is -1.99. The molecule has 3 aromatic rings. The fraction of sp³-hybridized carbons (Fsp3) is 0.118. The Morgan fingerprint density at radius 2 is 2.05 bits per heavy atom. The maximum atomic E-state index is 13.1. The van der Waals surface area contributed by atoms with Gasteiger partial charge in [0.2, 0.25) is 5.78 Å². The molecular formula is C17H13FO2S. The van der Waals surface area contributed by atoms with Crippen LogP contribution in [0.25, 0.3) is 11.0 Å². The summed E-state index contributed by atoms with van der Waals surface area (Å²) >= 11 is 1.30. The van der Waals surface area contributed by atoms with Crippen LogP contribution in [-0.2, 0) is 0 Å². The third-order valence-corrected chi connectivity index (χ3v) is 4.11. The van der Waals surface area contributed by atoms with Crippen molar-refractivity contribution in [3.05, 3.63) is 65.7 Å². The number of carbonyl (C=O) groups is 1. The monoisotopic (exact) mass is 300 g/mol. The van der Waals surface area contributed by atoms with Gasteiger partial charge in [-0.1, -0.05) is 17.7 Å². The van der Waals surface area contributed by atoms with Crippen molar-refractivity contribution in [3.63, 3.8) is 0 Å². The van der Waals surface area contributed by atoms with Crippen LogP contribution in [0.5, 0.6) is 0 Å². The van der Waals surface area contributed by atoms with Crippen LogP contribution in [-0.4, -0.2) is 11.5 Å². The van der Waals surface area contributed by atoms with E-state index >= 15 is 0 Å². The second-order valence-corrected chi connectivity index (χ2v) is 5.87. The van der Waals surface area contributed by atoms with Gasteiger partial charge in [0, 0.05) is 10.3 Å². The van der Waals surface area contributed by atoms with Gasteiger partial charge in [-0.15, -0.1) is 11.8 Å². The summed E-state index contributed by atoms with van der Waals surface area (Å²) in [7, 11) is 0. The Morgan fingerprint density at radius 1 is 1.19 bits per heavy atom. The van der Waals surface area contributed by atoms with E-state index in [1.54, 1.807) is 18.2 Å². The summed E-state index contributed by atoms with van der Waals surface area (Å²) in [6.07, 6.45) is 0. The number of thioether (sulfide) groups is 1. The fourth-order valence-electron chi connectivity index (χ4n) is 2.08. The first-order valence-electron chi connectivity index (χ1n) is 6.53. The van der Waals surface area contributed by atoms with Crippen molar-refractivity contribution in [1.82, 2.24) is 0 Å². The Balaban J connectivity index is 1.74. The minimum atomic E-state index is -0.299. The van der Waals surface area contributed by atoms with E-state index in [0.717, 1.165) is 15.8 Å². The van der Waals surface area contributed by atoms with Crippen molar-refractivity contribution >= 4 is 28.5 Å². The number of fused-ring (bicyclic) bond motifs is 1. The van der Waals surface area contributed by atoms with Gasteiger partial charge in [-0.2, -0.15) is 0 Å². The molecule has 0 fully saturated rings. The van der Waals surface area contributed by atoms with Crippen LogP contribution in [0, 0.1) is 12.7 Å². The highest BCUT2D eigenvalue weighted by molar-refractivity contribution is 8.00. The standard InChI is InChI=1S/C17H13FO2S/c1-11-5-6-16-12(7-11)8-17(20-16)15(19)10-21-14-4-2-3-13(18)9-14/h2-9H,10H2,1H3. The van der Waals surface area contributed by atoms with Crippen molar-refractivity contribution in [1.29, 1.82) is 0 Å². The lowest BCUT2D eigenvalue weighted by Crippen LogP contribution is -2.00. The highest BCUT2D eigenvalue weighted by atomic mass is 32.2. The van der Waals surface area contributed by atoms with Crippen LogP contribution >= 0.6 is 11.8 Å². The average Bonchev–Trinajstić information content (AvgIpc) is 2.88. The zero-order chi connectivity index (χ0) is 14.8. The highest BCUT2D eigenvalue weighted by Gasteiger charge is 2.13. The summed E-state index contributed by atoms with van der Waals surface area (Å²) in [5, 5.41) is 0.925. The summed E-state index contributed by atoms with van der Waals surface area (Å²) in [5.74, 6) is 0.173. The SMILES string of the molecule is Cc1ccc2oc(C(=O)CSc3cccc(F)c3)cc2c1. The van der Waals surface area contributed by atoms with Crippen LogP contribution in [0.1, 0.15) is 16.1 Å². The molecule has 1 aromatic heterocycles. The molecule has 0 aliphatic rings. The first kappa shape index (κ1) is 13.9. The Hall–Kier alpha value is -2.07. The minimum Gasteiger partial charge on any atom is -0.453 e. The van der Waals surface area contributed by atoms with E-state index in [-0.39, 0.29) is 17.4 Å². The molecule has 0 aliphatic carbocycles. The molecule has 21 heavy (non-hydrogen) atoms. The highest BCUT2D eigenvalue weighted by Crippen LogP contribution is 2.24. The zero-order valence-corrected chi connectivity index (χ0v) is 12.2. The molecule has 0 bridgehead atoms. The molecule has 2 nitrogen and oxygen atoms in total. The topological polar surface area (TPSA) is 30.2 Å². The summed E-state index contributed by atoms with van der Waals surface area (Å²) in [5.41, 5.74) is 1.83. The van der Waals surface area contributed by atoms with Crippen LogP contribution in [0.4, 0.5) is 4.39 Å². The normalized spacial score (nSPS) is 11.0. The minimum absolute atomic E-state index is 0.0990. The van der Waals surface area contributed by atoms with Gasteiger partial charge in [-0.25, -0.2) is 4.39 Å². The quantitative estimate of drug-likeness (QED) is 0.509. The fourth-order valence-corrected chi connectivity index (χ4v) is 2.89. The second-order valence-electron chi connectivity index (χ2n) is 4.82. The van der Waals surface area contributed by atoms with E-state index in [4.69, 9.17) is 4.42 Å². The number of aryl methyl sites for hydroxylation is 1. The number of benzene rings is 2. The molecular weight excluding hydrogens is 287 g/mol. The van der Waals surface area contributed by atoms with Gasteiger partial charge < -0.3 is 4.42 Å². The number of carbonyl (C=O) groups excluding carboxylic acids is 1. The summed E-state index contributed by atoms with van der Waals surface area (Å²) < 4.78 is 18.6. The Kier molecular flexibility index (Phi) is 3.80. The van der Waals surface area contributed by atoms with Crippen molar-refractivity contribution in [2.45, 2.75) is 11.8 Å². The van der Waals surface area contributed by atoms with Crippen molar-refractivity contribution in [3.8, 4) is 0 Å². The Morgan fingerprint density at radius 3 is 2.86 bits per heavy atom. The van der Waals surface area contributed by atoms with Gasteiger partial charge in [0.1, 0.15) is 11.4 Å². The van der Waals surface area contributed by atoms with E-state index in [1.807, 2.05) is 25.1 Å². The third-order valence-electron chi connectivity index (χ3n) is 3.11. The van der Waals surface area contributed by atoms with Gasteiger partial charge in [0.15, 0.2) is 5.76 Å². The number of furan rings is 1. The molecule has 4 heteroatoms. The number of Topliss-reactive ketones (excluding diaryl/α,β-unsaturated/α-hetero) is 1. The molecule has 0 saturated heterocycles. The van der Waals surface area contributed by atoms with E-state index in [2.05, 4.69) is 0 Å². The number of halogens is 1. The van der Waals surface area contributed by atoms with Crippen LogP contribution in [0.2, 0.25) is 0 Å². The van der Waals surface area contributed by atoms with Crippen LogP contribution in [0.15, 0.2) is 57.8 Å². The predicted molar refractivity (Wildman–Crippen MR) is 82.4 cm³/mol. The van der Waals surface area contributed by atoms with Gasteiger partial charge in [-0.3, -0.25) is 4.79 Å². The van der Waals surface area contributed by atoms with E-state index in [9.17, 15) is 9.18 Å². The van der Waals surface area contributed by atoms with E-state index in [0.29, 0.717) is 11.3 Å². The van der Waals surface area contributed by atoms with Crippen molar-refractivity contribution in [2.75, 3.05) is 5.75 Å². The molecule has 0 spiro atoms. The number of ketones is 1. The van der Waals surface area contributed by atoms with E-state index < -0.39 is 0 Å². The average molecular weight is 300 g/mol. The van der Waals surface area contributed by atoms with Crippen LogP contribution < -0.4 is 0 Å². The lowest BCUT2D eigenvalue weighted by molar-refractivity contribution is 0.0994. The number of hydrogen-bond donors (Lipinski definition) is 0. The molecule has 3 rings (SSSR count). The van der Waals surface area contributed by atoms with Gasteiger partial charge in [0.25, 0.3) is 0 Å². The van der Waals surface area contributed by atoms with Crippen molar-refractivity contribution < 1.29 is 13.6 Å². The predicted octanol–water partition coefficient (Wildman–Crippen LogP) is 4.86. The van der Waals surface area contributed by atoms with E-state index in [1.165, 1.54) is 23.9 Å². The van der Waals surface area contributed by atoms with Crippen molar-refractivity contribution in [2.24, 2.45) is 0 Å². The Bertz CT molecular complexity index is 807. The maximum Gasteiger partial charge on any atom is 0.208 e. The van der Waals surface area contributed by atoms with Gasteiger partial charge in [0.05, 0.1) is 5.75 Å². The second kappa shape index (κ2) is 5.74. The maximum absolute atomic E-state index is 13.1. The van der Waals surface area contributed by atoms with Gasteiger partial charge in [-0.05, 0) is 43.3 Å². The largest absolute Gasteiger partial charge is 0.453 e. The molecule has 0 atom stereocenters. The Labute approximate surface area is 126 Å². The third kappa shape index (κ3) is 3.16. The smallest absolute Gasteiger partial charge is 0.208 e. The molecule has 1 heterocycles. The molecule has 0 saturated carbocycles. The first-order valence-corrected chi connectivity index (χ1v) is 7.52. The summed E-state index contributed by atoms with van der Waals surface area (Å²) in [4.78, 5) is 12.9. The van der Waals surface area contributed by atoms with Crippen LogP contribution in [0.3, 0.4) is 0 Å². The number of rotatable bonds is 4. The first-order chi connectivity index (χ1) is 10.1. The molecule has 0 unspecified atom stereocenters. The lowest BCUT2D eigenvalue weighted by atomic mass is 10.2. The summed E-state index contributed by atoms with van der Waals surface area (Å²) in [6.45, 7) is 1.99. The molecule has 0 amide bonds. The van der Waals surface area contributed by atoms with Gasteiger partial charge >= 0.3 is 0 Å². The molecule has 0 N–H and O–H groups in total.